The van der Waals surface area contributed by atoms with Gasteiger partial charge in [0.15, 0.2) is 5.82 Å². The molecule has 0 spiro atoms. The Kier molecular flexibility index (Phi) is 3.90. The van der Waals surface area contributed by atoms with Crippen LogP contribution in [0.5, 0.6) is 0 Å². The number of halogens is 1. The lowest BCUT2D eigenvalue weighted by atomic mass is 10.2. The second-order valence-corrected chi connectivity index (χ2v) is 5.18. The zero-order chi connectivity index (χ0) is 13.1. The van der Waals surface area contributed by atoms with Crippen molar-refractivity contribution in [2.24, 2.45) is 7.05 Å². The lowest BCUT2D eigenvalue weighted by molar-refractivity contribution is 0.692. The molecule has 0 aromatic carbocycles. The van der Waals surface area contributed by atoms with Crippen molar-refractivity contribution in [1.29, 1.82) is 0 Å². The summed E-state index contributed by atoms with van der Waals surface area (Å²) in [5, 5.41) is 11.4. The number of hydrogen-bond donors (Lipinski definition) is 1. The number of hydrogen-bond acceptors (Lipinski definition) is 5. The summed E-state index contributed by atoms with van der Waals surface area (Å²) in [5.41, 5.74) is 0. The van der Waals surface area contributed by atoms with E-state index in [1.165, 1.54) is 0 Å². The fourth-order valence-corrected chi connectivity index (χ4v) is 1.80. The Morgan fingerprint density at radius 1 is 1.28 bits per heavy atom. The summed E-state index contributed by atoms with van der Waals surface area (Å²) in [6.07, 6.45) is 3.40. The van der Waals surface area contributed by atoms with E-state index >= 15 is 0 Å². The zero-order valence-electron chi connectivity index (χ0n) is 10.6. The molecule has 6 nitrogen and oxygen atoms in total. The van der Waals surface area contributed by atoms with Crippen molar-refractivity contribution in [2.45, 2.75) is 26.3 Å². The van der Waals surface area contributed by atoms with Crippen molar-refractivity contribution in [3.05, 3.63) is 28.5 Å². The molecular weight excluding hydrogens is 296 g/mol. The maximum absolute atomic E-state index is 4.17. The van der Waals surface area contributed by atoms with Gasteiger partial charge in [-0.1, -0.05) is 13.8 Å². The van der Waals surface area contributed by atoms with E-state index in [4.69, 9.17) is 0 Å². The van der Waals surface area contributed by atoms with E-state index in [2.05, 4.69) is 55.3 Å². The van der Waals surface area contributed by atoms with Crippen LogP contribution in [0, 0.1) is 0 Å². The largest absolute Gasteiger partial charge is 0.347 e. The van der Waals surface area contributed by atoms with E-state index in [1.807, 2.05) is 11.6 Å². The Morgan fingerprint density at radius 3 is 2.50 bits per heavy atom. The smallest absolute Gasteiger partial charge is 0.223 e. The third-order valence-electron chi connectivity index (χ3n) is 2.54. The van der Waals surface area contributed by atoms with Crippen molar-refractivity contribution in [3.63, 3.8) is 0 Å². The maximum atomic E-state index is 4.17. The highest BCUT2D eigenvalue weighted by molar-refractivity contribution is 9.10. The average molecular weight is 311 g/mol. The minimum absolute atomic E-state index is 0.361. The van der Waals surface area contributed by atoms with Crippen LogP contribution in [0.25, 0.3) is 0 Å². The lowest BCUT2D eigenvalue weighted by Gasteiger charge is -2.07. The highest BCUT2D eigenvalue weighted by Gasteiger charge is 2.11. The molecule has 2 aromatic rings. The molecule has 0 saturated carbocycles. The summed E-state index contributed by atoms with van der Waals surface area (Å²) in [6, 6.07) is 0. The molecule has 0 aliphatic rings. The van der Waals surface area contributed by atoms with Crippen LogP contribution in [0.15, 0.2) is 16.9 Å². The van der Waals surface area contributed by atoms with Crippen molar-refractivity contribution >= 4 is 21.9 Å². The Morgan fingerprint density at radius 2 is 1.94 bits per heavy atom. The number of nitrogens with zero attached hydrogens (tertiary/aromatic N) is 5. The Hall–Kier alpha value is -1.50. The third-order valence-corrected chi connectivity index (χ3v) is 2.95. The molecule has 1 N–H and O–H groups in total. The second kappa shape index (κ2) is 5.43. The molecular formula is C11H15BrN6. The van der Waals surface area contributed by atoms with Crippen molar-refractivity contribution in [2.75, 3.05) is 5.32 Å². The van der Waals surface area contributed by atoms with E-state index in [0.717, 1.165) is 16.1 Å². The quantitative estimate of drug-likeness (QED) is 0.936. The second-order valence-electron chi connectivity index (χ2n) is 4.27. The maximum Gasteiger partial charge on any atom is 0.223 e. The number of nitrogens with one attached hydrogen (secondary N) is 1. The molecule has 18 heavy (non-hydrogen) atoms. The van der Waals surface area contributed by atoms with Gasteiger partial charge in [-0.15, -0.1) is 10.2 Å². The van der Waals surface area contributed by atoms with Gasteiger partial charge in [0.05, 0.1) is 11.0 Å². The Labute approximate surface area is 114 Å². The molecule has 2 aromatic heterocycles. The predicted molar refractivity (Wildman–Crippen MR) is 72.2 cm³/mol. The molecule has 0 radical (unpaired) electrons. The molecule has 0 amide bonds. The molecule has 0 bridgehead atoms. The molecule has 0 aliphatic carbocycles. The molecule has 7 heteroatoms. The number of anilines is 1. The molecule has 96 valence electrons. The lowest BCUT2D eigenvalue weighted by Crippen LogP contribution is -2.09. The van der Waals surface area contributed by atoms with Crippen LogP contribution in [-0.4, -0.2) is 24.7 Å². The SMILES string of the molecule is CC(C)c1nnc(CNc2ncc(Br)cn2)n1C. The van der Waals surface area contributed by atoms with E-state index in [0.29, 0.717) is 18.4 Å². The van der Waals surface area contributed by atoms with E-state index < -0.39 is 0 Å². The van der Waals surface area contributed by atoms with Gasteiger partial charge in [-0.25, -0.2) is 9.97 Å². The van der Waals surface area contributed by atoms with Crippen molar-refractivity contribution in [3.8, 4) is 0 Å². The van der Waals surface area contributed by atoms with Gasteiger partial charge < -0.3 is 9.88 Å². The van der Waals surface area contributed by atoms with E-state index in [-0.39, 0.29) is 0 Å². The molecule has 2 rings (SSSR count). The van der Waals surface area contributed by atoms with Crippen LogP contribution in [0.1, 0.15) is 31.4 Å². The molecule has 0 fully saturated rings. The number of rotatable bonds is 4. The zero-order valence-corrected chi connectivity index (χ0v) is 12.1. The molecule has 0 aliphatic heterocycles. The van der Waals surface area contributed by atoms with Crippen LogP contribution < -0.4 is 5.32 Å². The van der Waals surface area contributed by atoms with Gasteiger partial charge in [0, 0.05) is 25.4 Å². The minimum Gasteiger partial charge on any atom is -0.347 e. The number of aromatic nitrogens is 5. The topological polar surface area (TPSA) is 68.5 Å². The standard InChI is InChI=1S/C11H15BrN6/c1-7(2)10-17-16-9(18(10)3)6-15-11-13-4-8(12)5-14-11/h4-5,7H,6H2,1-3H3,(H,13,14,15). The van der Waals surface area contributed by atoms with Gasteiger partial charge in [-0.05, 0) is 15.9 Å². The van der Waals surface area contributed by atoms with Gasteiger partial charge in [0.25, 0.3) is 0 Å². The molecule has 0 unspecified atom stereocenters. The van der Waals surface area contributed by atoms with Gasteiger partial charge in [-0.3, -0.25) is 0 Å². The summed E-state index contributed by atoms with van der Waals surface area (Å²) in [5.74, 6) is 2.78. The van der Waals surface area contributed by atoms with Gasteiger partial charge in [0.2, 0.25) is 5.95 Å². The first-order valence-electron chi connectivity index (χ1n) is 5.67. The van der Waals surface area contributed by atoms with Gasteiger partial charge in [0.1, 0.15) is 5.82 Å². The van der Waals surface area contributed by atoms with Crippen LogP contribution in [0.4, 0.5) is 5.95 Å². The fourth-order valence-electron chi connectivity index (χ4n) is 1.59. The van der Waals surface area contributed by atoms with Crippen LogP contribution >= 0.6 is 15.9 Å². The normalized spacial score (nSPS) is 10.9. The van der Waals surface area contributed by atoms with Crippen molar-refractivity contribution in [1.82, 2.24) is 24.7 Å². The third kappa shape index (κ3) is 2.84. The fraction of sp³-hybridized carbons (Fsp3) is 0.455. The highest BCUT2D eigenvalue weighted by atomic mass is 79.9. The van der Waals surface area contributed by atoms with Gasteiger partial charge in [-0.2, -0.15) is 0 Å². The molecule has 0 saturated heterocycles. The van der Waals surface area contributed by atoms with Crippen LogP contribution in [0.3, 0.4) is 0 Å². The van der Waals surface area contributed by atoms with E-state index in [1.54, 1.807) is 12.4 Å². The summed E-state index contributed by atoms with van der Waals surface area (Å²) in [7, 11) is 1.97. The monoisotopic (exact) mass is 310 g/mol. The average Bonchev–Trinajstić information content (AvgIpc) is 2.70. The first-order valence-corrected chi connectivity index (χ1v) is 6.47. The molecule has 2 heterocycles. The highest BCUT2D eigenvalue weighted by Crippen LogP contribution is 2.12. The summed E-state index contributed by atoms with van der Waals surface area (Å²) >= 11 is 3.29. The first-order chi connectivity index (χ1) is 8.58. The summed E-state index contributed by atoms with van der Waals surface area (Å²) in [6.45, 7) is 4.75. The van der Waals surface area contributed by atoms with Crippen LogP contribution in [-0.2, 0) is 13.6 Å². The Balaban J connectivity index is 2.04. The minimum atomic E-state index is 0.361. The molecule has 0 atom stereocenters. The van der Waals surface area contributed by atoms with Crippen LogP contribution in [0.2, 0.25) is 0 Å². The van der Waals surface area contributed by atoms with Gasteiger partial charge >= 0.3 is 0 Å². The van der Waals surface area contributed by atoms with E-state index in [9.17, 15) is 0 Å². The Bertz CT molecular complexity index is 519. The summed E-state index contributed by atoms with van der Waals surface area (Å²) < 4.78 is 2.85. The predicted octanol–water partition coefficient (Wildman–Crippen LogP) is 2.10. The summed E-state index contributed by atoms with van der Waals surface area (Å²) in [4.78, 5) is 8.28. The first kappa shape index (κ1) is 12.9. The van der Waals surface area contributed by atoms with Crippen molar-refractivity contribution < 1.29 is 0 Å².